The normalized spacial score (nSPS) is 18.2. The summed E-state index contributed by atoms with van der Waals surface area (Å²) in [5, 5.41) is 3.87. The van der Waals surface area contributed by atoms with E-state index in [-0.39, 0.29) is 18.2 Å². The van der Waals surface area contributed by atoms with Crippen LogP contribution in [0.4, 0.5) is 4.39 Å². The molecule has 102 valence electrons. The van der Waals surface area contributed by atoms with Gasteiger partial charge in [0, 0.05) is 37.2 Å². The summed E-state index contributed by atoms with van der Waals surface area (Å²) in [5.41, 5.74) is 1.04. The lowest BCUT2D eigenvalue weighted by molar-refractivity contribution is 0.169. The van der Waals surface area contributed by atoms with Crippen molar-refractivity contribution in [2.75, 3.05) is 26.2 Å². The van der Waals surface area contributed by atoms with Crippen LogP contribution in [0.2, 0.25) is 5.02 Å². The molecule has 2 nitrogen and oxygen atoms in total. The topological polar surface area (TPSA) is 15.3 Å². The third-order valence-corrected chi connectivity index (χ3v) is 3.63. The second kappa shape index (κ2) is 7.29. The van der Waals surface area contributed by atoms with Crippen molar-refractivity contribution in [1.82, 2.24) is 10.2 Å². The molecule has 0 aromatic heterocycles. The fraction of sp³-hybridized carbons (Fsp3) is 0.538. The van der Waals surface area contributed by atoms with Gasteiger partial charge >= 0.3 is 0 Å². The second-order valence-electron chi connectivity index (χ2n) is 4.38. The Hall–Kier alpha value is -0.350. The van der Waals surface area contributed by atoms with Crippen LogP contribution in [0.5, 0.6) is 0 Å². The highest BCUT2D eigenvalue weighted by Crippen LogP contribution is 2.30. The predicted molar refractivity (Wildman–Crippen MR) is 76.1 cm³/mol. The number of nitrogens with one attached hydrogen (secondary N) is 1. The highest BCUT2D eigenvalue weighted by Gasteiger charge is 2.22. The summed E-state index contributed by atoms with van der Waals surface area (Å²) in [5.74, 6) is -0.270. The van der Waals surface area contributed by atoms with Crippen molar-refractivity contribution in [3.8, 4) is 0 Å². The maximum atomic E-state index is 13.0. The van der Waals surface area contributed by atoms with E-state index in [1.807, 2.05) is 6.07 Å². The van der Waals surface area contributed by atoms with Gasteiger partial charge in [-0.05, 0) is 24.1 Å². The van der Waals surface area contributed by atoms with Crippen LogP contribution in [0, 0.1) is 5.82 Å². The molecule has 0 bridgehead atoms. The molecule has 1 N–H and O–H groups in total. The Bertz CT molecular complexity index is 381. The minimum atomic E-state index is -0.270. The number of hydrogen-bond acceptors (Lipinski definition) is 2. The lowest BCUT2D eigenvalue weighted by Crippen LogP contribution is -2.45. The van der Waals surface area contributed by atoms with E-state index in [0.29, 0.717) is 11.1 Å². The van der Waals surface area contributed by atoms with Gasteiger partial charge in [0.15, 0.2) is 0 Å². The number of nitrogens with zero attached hydrogens (tertiary/aromatic N) is 1. The van der Waals surface area contributed by atoms with Crippen LogP contribution in [0.1, 0.15) is 24.9 Å². The van der Waals surface area contributed by atoms with Gasteiger partial charge in [0.1, 0.15) is 5.82 Å². The van der Waals surface area contributed by atoms with Gasteiger partial charge in [0.25, 0.3) is 0 Å². The molecule has 2 rings (SSSR count). The van der Waals surface area contributed by atoms with Crippen LogP contribution >= 0.6 is 24.0 Å². The zero-order chi connectivity index (χ0) is 12.3. The zero-order valence-electron chi connectivity index (χ0n) is 10.5. The number of rotatable bonds is 3. The first-order valence-corrected chi connectivity index (χ1v) is 6.50. The molecule has 0 radical (unpaired) electrons. The summed E-state index contributed by atoms with van der Waals surface area (Å²) < 4.78 is 13.0. The summed E-state index contributed by atoms with van der Waals surface area (Å²) in [6.45, 7) is 6.20. The third kappa shape index (κ3) is 3.58. The molecular weight excluding hydrogens is 274 g/mol. The molecule has 0 unspecified atom stereocenters. The van der Waals surface area contributed by atoms with E-state index in [0.717, 1.165) is 38.2 Å². The molecule has 1 aromatic carbocycles. The Morgan fingerprint density at radius 2 is 2.06 bits per heavy atom. The number of benzene rings is 1. The predicted octanol–water partition coefficient (Wildman–Crippen LogP) is 3.26. The lowest BCUT2D eigenvalue weighted by atomic mass is 10.0. The Balaban J connectivity index is 0.00000162. The fourth-order valence-corrected chi connectivity index (χ4v) is 2.73. The summed E-state index contributed by atoms with van der Waals surface area (Å²) in [6, 6.07) is 5.01. The number of halogens is 3. The van der Waals surface area contributed by atoms with E-state index in [2.05, 4.69) is 17.1 Å². The molecule has 1 atom stereocenters. The van der Waals surface area contributed by atoms with Gasteiger partial charge in [-0.1, -0.05) is 24.6 Å². The van der Waals surface area contributed by atoms with E-state index < -0.39 is 0 Å². The lowest BCUT2D eigenvalue weighted by Gasteiger charge is -2.35. The van der Waals surface area contributed by atoms with Crippen molar-refractivity contribution >= 4 is 24.0 Å². The van der Waals surface area contributed by atoms with Crippen LogP contribution in [0.3, 0.4) is 0 Å². The molecule has 0 amide bonds. The standard InChI is InChI=1S/C13H18ClFN2.ClH/c1-2-13(17-7-5-16-6-8-17)11-4-3-10(15)9-12(11)14;/h3-4,9,13,16H,2,5-8H2,1H3;1H/t13-;/m1./s1. The van der Waals surface area contributed by atoms with Crippen molar-refractivity contribution in [3.05, 3.63) is 34.6 Å². The summed E-state index contributed by atoms with van der Waals surface area (Å²) in [4.78, 5) is 2.41. The molecule has 0 aliphatic carbocycles. The van der Waals surface area contributed by atoms with E-state index in [9.17, 15) is 4.39 Å². The first-order valence-electron chi connectivity index (χ1n) is 6.12. The smallest absolute Gasteiger partial charge is 0.124 e. The Morgan fingerprint density at radius 1 is 1.39 bits per heavy atom. The van der Waals surface area contributed by atoms with Crippen molar-refractivity contribution in [2.24, 2.45) is 0 Å². The average Bonchev–Trinajstić information content (AvgIpc) is 2.34. The van der Waals surface area contributed by atoms with Gasteiger partial charge in [-0.25, -0.2) is 4.39 Å². The van der Waals surface area contributed by atoms with E-state index in [1.54, 1.807) is 0 Å². The Labute approximate surface area is 119 Å². The average molecular weight is 293 g/mol. The van der Waals surface area contributed by atoms with Gasteiger partial charge in [0.05, 0.1) is 0 Å². The van der Waals surface area contributed by atoms with Gasteiger partial charge in [-0.2, -0.15) is 0 Å². The molecule has 1 aliphatic rings. The molecule has 0 spiro atoms. The third-order valence-electron chi connectivity index (χ3n) is 3.30. The number of hydrogen-bond donors (Lipinski definition) is 1. The van der Waals surface area contributed by atoms with E-state index >= 15 is 0 Å². The van der Waals surface area contributed by atoms with Crippen LogP contribution in [0.15, 0.2) is 18.2 Å². The molecular formula is C13H19Cl2FN2. The largest absolute Gasteiger partial charge is 0.314 e. The number of piperazine rings is 1. The quantitative estimate of drug-likeness (QED) is 0.920. The highest BCUT2D eigenvalue weighted by molar-refractivity contribution is 6.31. The maximum Gasteiger partial charge on any atom is 0.124 e. The van der Waals surface area contributed by atoms with Crippen molar-refractivity contribution in [3.63, 3.8) is 0 Å². The fourth-order valence-electron chi connectivity index (χ4n) is 2.44. The molecule has 1 saturated heterocycles. The Kier molecular flexibility index (Phi) is 6.36. The van der Waals surface area contributed by atoms with Gasteiger partial charge in [-0.3, -0.25) is 4.90 Å². The van der Waals surface area contributed by atoms with Crippen LogP contribution in [-0.4, -0.2) is 31.1 Å². The monoisotopic (exact) mass is 292 g/mol. The summed E-state index contributed by atoms with van der Waals surface area (Å²) in [7, 11) is 0. The summed E-state index contributed by atoms with van der Waals surface area (Å²) in [6.07, 6.45) is 0.991. The van der Waals surface area contributed by atoms with E-state index in [1.165, 1.54) is 12.1 Å². The zero-order valence-corrected chi connectivity index (χ0v) is 12.0. The molecule has 1 aromatic rings. The highest BCUT2D eigenvalue weighted by atomic mass is 35.5. The van der Waals surface area contributed by atoms with Crippen molar-refractivity contribution < 1.29 is 4.39 Å². The van der Waals surface area contributed by atoms with Gasteiger partial charge < -0.3 is 5.32 Å². The summed E-state index contributed by atoms with van der Waals surface area (Å²) >= 11 is 6.14. The molecule has 1 heterocycles. The SMILES string of the molecule is CC[C@H](c1ccc(F)cc1Cl)N1CCNCC1.Cl. The van der Waals surface area contributed by atoms with Crippen LogP contribution in [0.25, 0.3) is 0 Å². The van der Waals surface area contributed by atoms with Gasteiger partial charge in [0.2, 0.25) is 0 Å². The molecule has 1 fully saturated rings. The second-order valence-corrected chi connectivity index (χ2v) is 4.78. The molecule has 5 heteroatoms. The molecule has 1 aliphatic heterocycles. The van der Waals surface area contributed by atoms with Crippen molar-refractivity contribution in [1.29, 1.82) is 0 Å². The minimum absolute atomic E-state index is 0. The molecule has 18 heavy (non-hydrogen) atoms. The van der Waals surface area contributed by atoms with Crippen LogP contribution < -0.4 is 5.32 Å². The van der Waals surface area contributed by atoms with Crippen molar-refractivity contribution in [2.45, 2.75) is 19.4 Å². The first kappa shape index (κ1) is 15.7. The molecule has 0 saturated carbocycles. The first-order chi connectivity index (χ1) is 8.22. The van der Waals surface area contributed by atoms with E-state index in [4.69, 9.17) is 11.6 Å². The maximum absolute atomic E-state index is 13.0. The Morgan fingerprint density at radius 3 is 2.61 bits per heavy atom. The minimum Gasteiger partial charge on any atom is -0.314 e. The van der Waals surface area contributed by atoms with Crippen LogP contribution in [-0.2, 0) is 0 Å². The van der Waals surface area contributed by atoms with Gasteiger partial charge in [-0.15, -0.1) is 12.4 Å².